The van der Waals surface area contributed by atoms with E-state index in [-0.39, 0.29) is 50.1 Å². The third-order valence-electron chi connectivity index (χ3n) is 5.39. The molecule has 0 aliphatic rings. The maximum atomic E-state index is 12.4. The molecule has 0 amide bonds. The van der Waals surface area contributed by atoms with Crippen molar-refractivity contribution >= 4 is 42.2 Å². The maximum Gasteiger partial charge on any atom is 0.338 e. The molecule has 2 rings (SSSR count). The van der Waals surface area contributed by atoms with Gasteiger partial charge in [0.15, 0.2) is 0 Å². The van der Waals surface area contributed by atoms with Gasteiger partial charge in [-0.25, -0.2) is 22.7 Å². The number of sulfonamides is 1. The van der Waals surface area contributed by atoms with Crippen molar-refractivity contribution < 1.29 is 53.4 Å². The molecule has 0 aliphatic heterocycles. The van der Waals surface area contributed by atoms with E-state index in [4.69, 9.17) is 24.3 Å². The number of nitrogens with two attached hydrogens (primary N) is 1. The van der Waals surface area contributed by atoms with Gasteiger partial charge in [0, 0.05) is 18.4 Å². The van der Waals surface area contributed by atoms with Gasteiger partial charge >= 0.3 is 11.9 Å². The first-order valence-electron chi connectivity index (χ1n) is 11.1. The van der Waals surface area contributed by atoms with Crippen LogP contribution in [0.15, 0.2) is 58.3 Å². The lowest BCUT2D eigenvalue weighted by atomic mass is 9.89. The van der Waals surface area contributed by atoms with Crippen LogP contribution in [0.5, 0.6) is 0 Å². The van der Waals surface area contributed by atoms with E-state index in [0.717, 1.165) is 30.5 Å². The molecular formula is C22H28N2O12S3. The smallest absolute Gasteiger partial charge is 0.338 e. The summed E-state index contributed by atoms with van der Waals surface area (Å²) < 4.78 is 101. The Balaban J connectivity index is 2.14. The average Bonchev–Trinajstić information content (AvgIpc) is 2.82. The molecule has 14 nitrogen and oxygen atoms in total. The second-order valence-electron chi connectivity index (χ2n) is 8.47. The van der Waals surface area contributed by atoms with E-state index in [2.05, 4.69) is 4.72 Å². The fourth-order valence-corrected chi connectivity index (χ4v) is 5.76. The molecule has 39 heavy (non-hydrogen) atoms. The SMILES string of the molecule is CS(=O)(=O)NC(CCN)(CCOC(=O)c1cccc(S(=O)(=O)O)c1)CCOC(=O)c1cccc(S(=O)(=O)O)c1. The molecule has 0 aliphatic carbocycles. The molecule has 0 aromatic heterocycles. The number of hydrogen-bond donors (Lipinski definition) is 4. The molecule has 17 heteroatoms. The van der Waals surface area contributed by atoms with Gasteiger partial charge in [0.05, 0.1) is 40.4 Å². The number of benzene rings is 2. The molecule has 0 atom stereocenters. The Labute approximate surface area is 226 Å². The van der Waals surface area contributed by atoms with Gasteiger partial charge in [-0.05, 0) is 49.4 Å². The van der Waals surface area contributed by atoms with Crippen molar-refractivity contribution in [1.82, 2.24) is 4.72 Å². The topological polar surface area (TPSA) is 234 Å². The van der Waals surface area contributed by atoms with Gasteiger partial charge in [-0.3, -0.25) is 9.11 Å². The predicted molar refractivity (Wildman–Crippen MR) is 137 cm³/mol. The molecule has 0 spiro atoms. The Hall–Kier alpha value is -2.93. The zero-order valence-corrected chi connectivity index (χ0v) is 23.1. The van der Waals surface area contributed by atoms with Crippen molar-refractivity contribution in [3.05, 3.63) is 59.7 Å². The first kappa shape index (κ1) is 32.3. The van der Waals surface area contributed by atoms with Crippen LogP contribution in [0.25, 0.3) is 0 Å². The zero-order valence-electron chi connectivity index (χ0n) is 20.6. The van der Waals surface area contributed by atoms with E-state index in [1.165, 1.54) is 24.3 Å². The molecule has 5 N–H and O–H groups in total. The summed E-state index contributed by atoms with van der Waals surface area (Å²) >= 11 is 0. The van der Waals surface area contributed by atoms with E-state index < -0.39 is 57.5 Å². The van der Waals surface area contributed by atoms with Crippen LogP contribution >= 0.6 is 0 Å². The van der Waals surface area contributed by atoms with E-state index in [9.17, 15) is 34.8 Å². The number of carbonyl (C=O) groups excluding carboxylic acids is 2. The molecule has 0 heterocycles. The Morgan fingerprint density at radius 1 is 0.795 bits per heavy atom. The second kappa shape index (κ2) is 12.9. The van der Waals surface area contributed by atoms with Crippen molar-refractivity contribution in [2.45, 2.75) is 34.6 Å². The average molecular weight is 609 g/mol. The first-order chi connectivity index (χ1) is 18.0. The lowest BCUT2D eigenvalue weighted by Crippen LogP contribution is -2.51. The monoisotopic (exact) mass is 608 g/mol. The van der Waals surface area contributed by atoms with Crippen LogP contribution < -0.4 is 10.5 Å². The van der Waals surface area contributed by atoms with Gasteiger partial charge in [0.1, 0.15) is 0 Å². The number of hydrogen-bond acceptors (Lipinski definition) is 11. The molecule has 0 unspecified atom stereocenters. The van der Waals surface area contributed by atoms with Crippen molar-refractivity contribution in [2.24, 2.45) is 5.73 Å². The summed E-state index contributed by atoms with van der Waals surface area (Å²) in [6.07, 6.45) is 0.719. The zero-order chi connectivity index (χ0) is 29.5. The minimum atomic E-state index is -4.56. The van der Waals surface area contributed by atoms with Crippen LogP contribution in [0.1, 0.15) is 40.0 Å². The summed E-state index contributed by atoms with van der Waals surface area (Å²) in [7, 11) is -12.9. The standard InChI is InChI=1S/C22H28N2O12S3/c1-37(27,28)24-22(8-11-23,9-12-35-20(25)16-4-2-6-18(14-16)38(29,30)31)10-13-36-21(26)17-5-3-7-19(15-17)39(32,33)34/h2-7,14-15,24H,8-13,23H2,1H3,(H,29,30,31)(H,32,33,34). The minimum absolute atomic E-state index is 0.00276. The van der Waals surface area contributed by atoms with E-state index >= 15 is 0 Å². The molecule has 0 saturated heterocycles. The molecule has 2 aromatic carbocycles. The van der Waals surface area contributed by atoms with E-state index in [1.54, 1.807) is 0 Å². The largest absolute Gasteiger partial charge is 0.462 e. The fourth-order valence-electron chi connectivity index (χ4n) is 3.61. The van der Waals surface area contributed by atoms with Crippen LogP contribution in [0, 0.1) is 0 Å². The van der Waals surface area contributed by atoms with E-state index in [1.807, 2.05) is 0 Å². The Morgan fingerprint density at radius 3 is 1.54 bits per heavy atom. The van der Waals surface area contributed by atoms with E-state index in [0.29, 0.717) is 0 Å². The second-order valence-corrected chi connectivity index (χ2v) is 13.1. The summed E-state index contributed by atoms with van der Waals surface area (Å²) in [5.41, 5.74) is 4.01. The Kier molecular flexibility index (Phi) is 10.7. The van der Waals surface area contributed by atoms with Crippen molar-refractivity contribution in [2.75, 3.05) is 26.0 Å². The number of rotatable bonds is 14. The lowest BCUT2D eigenvalue weighted by molar-refractivity contribution is 0.0412. The van der Waals surface area contributed by atoms with Gasteiger partial charge in [-0.1, -0.05) is 12.1 Å². The summed E-state index contributed by atoms with van der Waals surface area (Å²) in [5.74, 6) is -1.88. The molecular weight excluding hydrogens is 580 g/mol. The highest BCUT2D eigenvalue weighted by Crippen LogP contribution is 2.23. The van der Waals surface area contributed by atoms with Gasteiger partial charge in [0.25, 0.3) is 20.2 Å². The highest BCUT2D eigenvalue weighted by atomic mass is 32.2. The molecule has 0 bridgehead atoms. The normalized spacial score (nSPS) is 12.6. The summed E-state index contributed by atoms with van der Waals surface area (Å²) in [4.78, 5) is 23.8. The third kappa shape index (κ3) is 10.3. The van der Waals surface area contributed by atoms with Crippen LogP contribution in [0.4, 0.5) is 0 Å². The summed E-state index contributed by atoms with van der Waals surface area (Å²) in [5, 5.41) is 0. The first-order valence-corrected chi connectivity index (χ1v) is 15.9. The van der Waals surface area contributed by atoms with Crippen molar-refractivity contribution in [3.63, 3.8) is 0 Å². The molecule has 0 radical (unpaired) electrons. The van der Waals surface area contributed by atoms with Crippen LogP contribution in [-0.4, -0.2) is 77.9 Å². The van der Waals surface area contributed by atoms with Gasteiger partial charge in [-0.15, -0.1) is 0 Å². The lowest BCUT2D eigenvalue weighted by Gasteiger charge is -2.33. The predicted octanol–water partition coefficient (Wildman–Crippen LogP) is 0.611. The minimum Gasteiger partial charge on any atom is -0.462 e. The molecule has 2 aromatic rings. The molecule has 216 valence electrons. The highest BCUT2D eigenvalue weighted by molar-refractivity contribution is 7.88. The van der Waals surface area contributed by atoms with Crippen molar-refractivity contribution in [1.29, 1.82) is 0 Å². The Bertz CT molecular complexity index is 1430. The number of carbonyl (C=O) groups is 2. The summed E-state index contributed by atoms with van der Waals surface area (Å²) in [6, 6.07) is 8.95. The van der Waals surface area contributed by atoms with Crippen LogP contribution in [0.2, 0.25) is 0 Å². The van der Waals surface area contributed by atoms with Gasteiger partial charge < -0.3 is 15.2 Å². The maximum absolute atomic E-state index is 12.4. The molecule has 0 fully saturated rings. The van der Waals surface area contributed by atoms with Crippen LogP contribution in [-0.2, 0) is 39.7 Å². The van der Waals surface area contributed by atoms with Crippen molar-refractivity contribution in [3.8, 4) is 0 Å². The van der Waals surface area contributed by atoms with Gasteiger partial charge in [0.2, 0.25) is 10.0 Å². The number of ether oxygens (including phenoxy) is 2. The number of nitrogens with one attached hydrogen (secondary N) is 1. The summed E-state index contributed by atoms with van der Waals surface area (Å²) in [6.45, 7) is -0.694. The fraction of sp³-hybridized carbons (Fsp3) is 0.364. The van der Waals surface area contributed by atoms with Gasteiger partial charge in [-0.2, -0.15) is 16.8 Å². The third-order valence-corrected chi connectivity index (χ3v) is 7.89. The number of esters is 2. The molecule has 0 saturated carbocycles. The Morgan fingerprint density at radius 2 is 1.21 bits per heavy atom. The van der Waals surface area contributed by atoms with Crippen LogP contribution in [0.3, 0.4) is 0 Å². The highest BCUT2D eigenvalue weighted by Gasteiger charge is 2.33. The quantitative estimate of drug-likeness (QED) is 0.170.